The van der Waals surface area contributed by atoms with Gasteiger partial charge >= 0.3 is 0 Å². The third-order valence-electron chi connectivity index (χ3n) is 3.83. The SMILES string of the molecule is CC(C)CCN(C)C(=O)c1cccc(S(=O)(=O)NCc2ccsc2)c1. The fourth-order valence-electron chi connectivity index (χ4n) is 2.22. The monoisotopic (exact) mass is 380 g/mol. The lowest BCUT2D eigenvalue weighted by atomic mass is 10.1. The highest BCUT2D eigenvalue weighted by Crippen LogP contribution is 2.15. The van der Waals surface area contributed by atoms with Crippen molar-refractivity contribution in [1.29, 1.82) is 0 Å². The third kappa shape index (κ3) is 5.66. The smallest absolute Gasteiger partial charge is 0.253 e. The Kier molecular flexibility index (Phi) is 6.75. The van der Waals surface area contributed by atoms with E-state index in [1.807, 2.05) is 16.8 Å². The van der Waals surface area contributed by atoms with Crippen LogP contribution in [0.3, 0.4) is 0 Å². The minimum atomic E-state index is -3.66. The fourth-order valence-corrected chi connectivity index (χ4v) is 3.96. The van der Waals surface area contributed by atoms with E-state index < -0.39 is 10.0 Å². The molecule has 0 unspecified atom stereocenters. The van der Waals surface area contributed by atoms with Crippen molar-refractivity contribution in [2.45, 2.75) is 31.7 Å². The number of sulfonamides is 1. The van der Waals surface area contributed by atoms with Gasteiger partial charge in [-0.3, -0.25) is 4.79 Å². The van der Waals surface area contributed by atoms with Crippen LogP contribution in [0.1, 0.15) is 36.2 Å². The van der Waals surface area contributed by atoms with E-state index in [-0.39, 0.29) is 17.3 Å². The normalized spacial score (nSPS) is 11.7. The maximum Gasteiger partial charge on any atom is 0.253 e. The number of thiophene rings is 1. The fraction of sp³-hybridized carbons (Fsp3) is 0.389. The quantitative estimate of drug-likeness (QED) is 0.764. The van der Waals surface area contributed by atoms with Crippen molar-refractivity contribution in [3.05, 3.63) is 52.2 Å². The average Bonchev–Trinajstić information content (AvgIpc) is 3.11. The van der Waals surface area contributed by atoms with Crippen LogP contribution in [0, 0.1) is 5.92 Å². The van der Waals surface area contributed by atoms with Gasteiger partial charge in [-0.05, 0) is 52.9 Å². The molecule has 0 radical (unpaired) electrons. The van der Waals surface area contributed by atoms with Gasteiger partial charge in [0.25, 0.3) is 5.91 Å². The lowest BCUT2D eigenvalue weighted by Gasteiger charge is -2.18. The van der Waals surface area contributed by atoms with Gasteiger partial charge in [0.05, 0.1) is 4.90 Å². The molecule has 25 heavy (non-hydrogen) atoms. The number of nitrogens with zero attached hydrogens (tertiary/aromatic N) is 1. The van der Waals surface area contributed by atoms with Gasteiger partial charge in [0, 0.05) is 25.7 Å². The van der Waals surface area contributed by atoms with E-state index in [2.05, 4.69) is 18.6 Å². The lowest BCUT2D eigenvalue weighted by Crippen LogP contribution is -2.29. The average molecular weight is 381 g/mol. The molecule has 1 N–H and O–H groups in total. The van der Waals surface area contributed by atoms with Gasteiger partial charge < -0.3 is 4.90 Å². The number of benzene rings is 1. The summed E-state index contributed by atoms with van der Waals surface area (Å²) in [6, 6.07) is 8.05. The summed E-state index contributed by atoms with van der Waals surface area (Å²) >= 11 is 1.52. The Balaban J connectivity index is 2.10. The van der Waals surface area contributed by atoms with E-state index in [0.29, 0.717) is 18.0 Å². The number of carbonyl (C=O) groups excluding carboxylic acids is 1. The third-order valence-corrected chi connectivity index (χ3v) is 5.96. The molecule has 0 bridgehead atoms. The van der Waals surface area contributed by atoms with Crippen molar-refractivity contribution < 1.29 is 13.2 Å². The minimum absolute atomic E-state index is 0.103. The molecule has 0 aliphatic rings. The highest BCUT2D eigenvalue weighted by Gasteiger charge is 2.18. The van der Waals surface area contributed by atoms with E-state index in [9.17, 15) is 13.2 Å². The highest BCUT2D eigenvalue weighted by molar-refractivity contribution is 7.89. The van der Waals surface area contributed by atoms with Crippen LogP contribution in [0.25, 0.3) is 0 Å². The standard InChI is InChI=1S/C18H24N2O3S2/c1-14(2)7-9-20(3)18(21)16-5-4-6-17(11-16)25(22,23)19-12-15-8-10-24-13-15/h4-6,8,10-11,13-14,19H,7,9,12H2,1-3H3. The highest BCUT2D eigenvalue weighted by atomic mass is 32.2. The molecular weight excluding hydrogens is 356 g/mol. The van der Waals surface area contributed by atoms with Gasteiger partial charge in [0.1, 0.15) is 0 Å². The van der Waals surface area contributed by atoms with Gasteiger partial charge in [-0.1, -0.05) is 19.9 Å². The van der Waals surface area contributed by atoms with Crippen LogP contribution in [0.5, 0.6) is 0 Å². The van der Waals surface area contributed by atoms with Crippen molar-refractivity contribution >= 4 is 27.3 Å². The maximum atomic E-state index is 12.5. The first kappa shape index (κ1) is 19.6. The van der Waals surface area contributed by atoms with Crippen LogP contribution in [0.2, 0.25) is 0 Å². The Labute approximate surface area is 153 Å². The molecule has 5 nitrogen and oxygen atoms in total. The van der Waals surface area contributed by atoms with Gasteiger partial charge in [-0.25, -0.2) is 13.1 Å². The Morgan fingerprint density at radius 2 is 2.04 bits per heavy atom. The first-order valence-corrected chi connectivity index (χ1v) is 10.6. The summed E-state index contributed by atoms with van der Waals surface area (Å²) in [5.74, 6) is 0.332. The molecule has 136 valence electrons. The molecule has 2 rings (SSSR count). The first-order valence-electron chi connectivity index (χ1n) is 8.16. The molecule has 0 saturated heterocycles. The molecule has 1 aromatic heterocycles. The molecular formula is C18H24N2O3S2. The zero-order valence-electron chi connectivity index (χ0n) is 14.7. The summed E-state index contributed by atoms with van der Waals surface area (Å²) in [5, 5.41) is 3.79. The molecule has 7 heteroatoms. The van der Waals surface area contributed by atoms with Crippen molar-refractivity contribution in [1.82, 2.24) is 9.62 Å². The van der Waals surface area contributed by atoms with Gasteiger partial charge in [0.2, 0.25) is 10.0 Å². The second kappa shape index (κ2) is 8.60. The number of rotatable bonds is 8. The van der Waals surface area contributed by atoms with Crippen LogP contribution in [-0.4, -0.2) is 32.8 Å². The zero-order chi connectivity index (χ0) is 18.4. The molecule has 1 heterocycles. The predicted octanol–water partition coefficient (Wildman–Crippen LogP) is 3.34. The Morgan fingerprint density at radius 3 is 2.68 bits per heavy atom. The lowest BCUT2D eigenvalue weighted by molar-refractivity contribution is 0.0789. The van der Waals surface area contributed by atoms with E-state index in [1.54, 1.807) is 24.1 Å². The summed E-state index contributed by atoms with van der Waals surface area (Å²) in [6.45, 7) is 5.08. The second-order valence-electron chi connectivity index (χ2n) is 6.39. The van der Waals surface area contributed by atoms with Gasteiger partial charge in [-0.15, -0.1) is 0 Å². The topological polar surface area (TPSA) is 66.5 Å². The number of hydrogen-bond donors (Lipinski definition) is 1. The summed E-state index contributed by atoms with van der Waals surface area (Å²) in [7, 11) is -1.92. The minimum Gasteiger partial charge on any atom is -0.342 e. The van der Waals surface area contributed by atoms with Crippen LogP contribution in [0.15, 0.2) is 46.0 Å². The summed E-state index contributed by atoms with van der Waals surface area (Å²) in [5.41, 5.74) is 1.29. The maximum absolute atomic E-state index is 12.5. The van der Waals surface area contributed by atoms with Crippen molar-refractivity contribution in [2.24, 2.45) is 5.92 Å². The number of hydrogen-bond acceptors (Lipinski definition) is 4. The molecule has 0 fully saturated rings. The number of carbonyl (C=O) groups is 1. The van der Waals surface area contributed by atoms with Crippen LogP contribution < -0.4 is 4.72 Å². The Hall–Kier alpha value is -1.70. The second-order valence-corrected chi connectivity index (χ2v) is 8.94. The van der Waals surface area contributed by atoms with Gasteiger partial charge in [-0.2, -0.15) is 11.3 Å². The molecule has 0 atom stereocenters. The van der Waals surface area contributed by atoms with E-state index >= 15 is 0 Å². The van der Waals surface area contributed by atoms with E-state index in [1.165, 1.54) is 23.5 Å². The molecule has 1 aromatic carbocycles. The van der Waals surface area contributed by atoms with E-state index in [0.717, 1.165) is 12.0 Å². The molecule has 1 amide bonds. The van der Waals surface area contributed by atoms with Crippen LogP contribution in [0.4, 0.5) is 0 Å². The van der Waals surface area contributed by atoms with E-state index in [4.69, 9.17) is 0 Å². The first-order chi connectivity index (χ1) is 11.8. The van der Waals surface area contributed by atoms with Crippen molar-refractivity contribution in [2.75, 3.05) is 13.6 Å². The Bertz CT molecular complexity index is 799. The summed E-state index contributed by atoms with van der Waals surface area (Å²) < 4.78 is 27.5. The molecule has 0 aliphatic heterocycles. The summed E-state index contributed by atoms with van der Waals surface area (Å²) in [4.78, 5) is 14.2. The zero-order valence-corrected chi connectivity index (χ0v) is 16.4. The number of nitrogens with one attached hydrogen (secondary N) is 1. The molecule has 0 spiro atoms. The molecule has 2 aromatic rings. The van der Waals surface area contributed by atoms with Crippen LogP contribution >= 0.6 is 11.3 Å². The number of amides is 1. The Morgan fingerprint density at radius 1 is 1.28 bits per heavy atom. The van der Waals surface area contributed by atoms with Crippen molar-refractivity contribution in [3.63, 3.8) is 0 Å². The largest absolute Gasteiger partial charge is 0.342 e. The predicted molar refractivity (Wildman–Crippen MR) is 101 cm³/mol. The van der Waals surface area contributed by atoms with Crippen molar-refractivity contribution in [3.8, 4) is 0 Å². The van der Waals surface area contributed by atoms with Gasteiger partial charge in [0.15, 0.2) is 0 Å². The summed E-state index contributed by atoms with van der Waals surface area (Å²) in [6.07, 6.45) is 0.905. The molecule has 0 saturated carbocycles. The van der Waals surface area contributed by atoms with Crippen LogP contribution in [-0.2, 0) is 16.6 Å². The molecule has 0 aliphatic carbocycles.